The Labute approximate surface area is 162 Å². The Bertz CT molecular complexity index is 728. The van der Waals surface area contributed by atoms with Crippen molar-refractivity contribution in [1.29, 1.82) is 0 Å². The van der Waals surface area contributed by atoms with E-state index in [1.54, 1.807) is 0 Å². The van der Waals surface area contributed by atoms with Crippen LogP contribution in [0.15, 0.2) is 18.5 Å². The predicted molar refractivity (Wildman–Crippen MR) is 106 cm³/mol. The highest BCUT2D eigenvalue weighted by Crippen LogP contribution is 2.41. The van der Waals surface area contributed by atoms with Crippen molar-refractivity contribution in [3.63, 3.8) is 0 Å². The zero-order chi connectivity index (χ0) is 19.2. The van der Waals surface area contributed by atoms with Crippen LogP contribution in [0.1, 0.15) is 69.7 Å². The van der Waals surface area contributed by atoms with E-state index in [1.807, 2.05) is 23.4 Å². The van der Waals surface area contributed by atoms with Crippen LogP contribution in [-0.4, -0.2) is 52.4 Å². The van der Waals surface area contributed by atoms with E-state index < -0.39 is 0 Å². The summed E-state index contributed by atoms with van der Waals surface area (Å²) in [7, 11) is 0. The first-order chi connectivity index (χ1) is 12.8. The molecule has 0 unspecified atom stereocenters. The van der Waals surface area contributed by atoms with Crippen molar-refractivity contribution in [3.8, 4) is 0 Å². The smallest absolute Gasteiger partial charge is 0.255 e. The first kappa shape index (κ1) is 18.6. The number of piperidine rings is 1. The lowest BCUT2D eigenvalue weighted by Crippen LogP contribution is -2.52. The zero-order valence-corrected chi connectivity index (χ0v) is 17.0. The minimum atomic E-state index is -0.329. The van der Waals surface area contributed by atoms with Gasteiger partial charge in [-0.2, -0.15) is 0 Å². The van der Waals surface area contributed by atoms with E-state index in [9.17, 15) is 9.59 Å². The molecule has 4 rings (SSSR count). The van der Waals surface area contributed by atoms with E-state index in [2.05, 4.69) is 30.2 Å². The molecule has 0 radical (unpaired) electrons. The lowest BCUT2D eigenvalue weighted by Gasteiger charge is -2.42. The Morgan fingerprint density at radius 1 is 1.19 bits per heavy atom. The van der Waals surface area contributed by atoms with Gasteiger partial charge in [0.05, 0.1) is 11.0 Å². The van der Waals surface area contributed by atoms with E-state index in [-0.39, 0.29) is 16.9 Å². The van der Waals surface area contributed by atoms with Crippen molar-refractivity contribution in [2.24, 2.45) is 11.3 Å². The molecule has 2 amide bonds. The SMILES string of the molecule is CC(C)(C)n1ccc(C(=O)N2CC[C@]3(CCCN(CC4CCC4)C3=O)C2)c1. The van der Waals surface area contributed by atoms with Gasteiger partial charge in [-0.05, 0) is 64.9 Å². The second-order valence-corrected chi connectivity index (χ2v) is 9.89. The highest BCUT2D eigenvalue weighted by atomic mass is 16.2. The van der Waals surface area contributed by atoms with E-state index in [0.717, 1.165) is 37.9 Å². The summed E-state index contributed by atoms with van der Waals surface area (Å²) in [5.74, 6) is 1.09. The molecule has 5 heteroatoms. The normalized spacial score (nSPS) is 26.7. The van der Waals surface area contributed by atoms with Gasteiger partial charge in [-0.15, -0.1) is 0 Å². The highest BCUT2D eigenvalue weighted by Gasteiger charge is 2.49. The summed E-state index contributed by atoms with van der Waals surface area (Å²) in [5.41, 5.74) is 0.368. The number of nitrogens with zero attached hydrogens (tertiary/aromatic N) is 3. The number of carbonyl (C=O) groups excluding carboxylic acids is 2. The van der Waals surface area contributed by atoms with Gasteiger partial charge in [0.1, 0.15) is 0 Å². The summed E-state index contributed by atoms with van der Waals surface area (Å²) < 4.78 is 2.08. The van der Waals surface area contributed by atoms with Crippen molar-refractivity contribution in [2.75, 3.05) is 26.2 Å². The first-order valence-corrected chi connectivity index (χ1v) is 10.6. The second kappa shape index (κ2) is 6.68. The minimum absolute atomic E-state index is 0.0356. The number of aromatic nitrogens is 1. The summed E-state index contributed by atoms with van der Waals surface area (Å²) in [6, 6.07) is 1.91. The molecule has 2 saturated heterocycles. The minimum Gasteiger partial charge on any atom is -0.348 e. The van der Waals surface area contributed by atoms with E-state index in [4.69, 9.17) is 0 Å². The summed E-state index contributed by atoms with van der Waals surface area (Å²) in [6.07, 6.45) is 10.6. The van der Waals surface area contributed by atoms with Gasteiger partial charge in [0.15, 0.2) is 0 Å². The fourth-order valence-electron chi connectivity index (χ4n) is 4.86. The summed E-state index contributed by atoms with van der Waals surface area (Å²) in [6.45, 7) is 9.51. The topological polar surface area (TPSA) is 45.6 Å². The summed E-state index contributed by atoms with van der Waals surface area (Å²) in [5, 5.41) is 0. The van der Waals surface area contributed by atoms with Crippen LogP contribution in [0.2, 0.25) is 0 Å². The Hall–Kier alpha value is -1.78. The maximum absolute atomic E-state index is 13.2. The van der Waals surface area contributed by atoms with Crippen LogP contribution in [0.5, 0.6) is 0 Å². The molecule has 1 aromatic heterocycles. The molecule has 148 valence electrons. The Morgan fingerprint density at radius 3 is 2.59 bits per heavy atom. The molecular weight excluding hydrogens is 338 g/mol. The Kier molecular flexibility index (Phi) is 4.59. The van der Waals surface area contributed by atoms with Gasteiger partial charge in [-0.3, -0.25) is 9.59 Å². The maximum atomic E-state index is 13.2. The fraction of sp³-hybridized carbons (Fsp3) is 0.727. The van der Waals surface area contributed by atoms with Crippen LogP contribution in [0.25, 0.3) is 0 Å². The largest absolute Gasteiger partial charge is 0.348 e. The van der Waals surface area contributed by atoms with Crippen LogP contribution < -0.4 is 0 Å². The van der Waals surface area contributed by atoms with Gasteiger partial charge in [0.25, 0.3) is 5.91 Å². The number of rotatable bonds is 3. The average molecular weight is 372 g/mol. The summed E-state index contributed by atoms with van der Waals surface area (Å²) in [4.78, 5) is 30.3. The van der Waals surface area contributed by atoms with Gasteiger partial charge < -0.3 is 14.4 Å². The number of hydrogen-bond donors (Lipinski definition) is 0. The van der Waals surface area contributed by atoms with Crippen molar-refractivity contribution >= 4 is 11.8 Å². The van der Waals surface area contributed by atoms with Crippen LogP contribution >= 0.6 is 0 Å². The van der Waals surface area contributed by atoms with Crippen LogP contribution in [0.4, 0.5) is 0 Å². The third-order valence-corrected chi connectivity index (χ3v) is 6.88. The first-order valence-electron chi connectivity index (χ1n) is 10.6. The Morgan fingerprint density at radius 2 is 1.96 bits per heavy atom. The third-order valence-electron chi connectivity index (χ3n) is 6.88. The molecule has 27 heavy (non-hydrogen) atoms. The van der Waals surface area contributed by atoms with Gasteiger partial charge in [0.2, 0.25) is 5.91 Å². The van der Waals surface area contributed by atoms with Crippen molar-refractivity contribution in [1.82, 2.24) is 14.4 Å². The molecule has 1 aromatic rings. The number of carbonyl (C=O) groups is 2. The monoisotopic (exact) mass is 371 g/mol. The molecule has 0 bridgehead atoms. The fourth-order valence-corrected chi connectivity index (χ4v) is 4.86. The van der Waals surface area contributed by atoms with E-state index >= 15 is 0 Å². The predicted octanol–water partition coefficient (Wildman–Crippen LogP) is 3.50. The third kappa shape index (κ3) is 3.41. The van der Waals surface area contributed by atoms with Crippen molar-refractivity contribution < 1.29 is 9.59 Å². The van der Waals surface area contributed by atoms with Crippen LogP contribution in [-0.2, 0) is 10.3 Å². The van der Waals surface area contributed by atoms with Gasteiger partial charge in [0, 0.05) is 44.1 Å². The lowest BCUT2D eigenvalue weighted by atomic mass is 9.77. The standard InChI is InChI=1S/C22H33N3O2/c1-21(2,3)25-12-8-18(15-25)19(26)24-13-10-22(16-24)9-5-11-23(20(22)27)14-17-6-4-7-17/h8,12,15,17H,4-7,9-11,13-14,16H2,1-3H3/t22-/m1/s1. The molecule has 1 atom stereocenters. The molecule has 1 saturated carbocycles. The summed E-state index contributed by atoms with van der Waals surface area (Å²) >= 11 is 0. The lowest BCUT2D eigenvalue weighted by molar-refractivity contribution is -0.146. The molecule has 0 aromatic carbocycles. The second-order valence-electron chi connectivity index (χ2n) is 9.89. The zero-order valence-electron chi connectivity index (χ0n) is 17.0. The molecule has 0 N–H and O–H groups in total. The Balaban J connectivity index is 1.44. The van der Waals surface area contributed by atoms with E-state index in [1.165, 1.54) is 19.3 Å². The van der Waals surface area contributed by atoms with Crippen molar-refractivity contribution in [2.45, 2.75) is 64.8 Å². The molecule has 3 fully saturated rings. The van der Waals surface area contributed by atoms with Gasteiger partial charge >= 0.3 is 0 Å². The molecule has 5 nitrogen and oxygen atoms in total. The molecule has 1 spiro atoms. The number of amides is 2. The molecule has 1 aliphatic carbocycles. The highest BCUT2D eigenvalue weighted by molar-refractivity contribution is 5.95. The van der Waals surface area contributed by atoms with Crippen LogP contribution in [0, 0.1) is 11.3 Å². The molecule has 2 aliphatic heterocycles. The average Bonchev–Trinajstić information content (AvgIpc) is 3.22. The molecule has 3 aliphatic rings. The van der Waals surface area contributed by atoms with Gasteiger partial charge in [-0.1, -0.05) is 6.42 Å². The van der Waals surface area contributed by atoms with Crippen LogP contribution in [0.3, 0.4) is 0 Å². The molecular formula is C22H33N3O2. The van der Waals surface area contributed by atoms with Gasteiger partial charge in [-0.25, -0.2) is 0 Å². The quantitative estimate of drug-likeness (QED) is 0.816. The number of likely N-dealkylation sites (tertiary alicyclic amines) is 2. The molecule has 3 heterocycles. The van der Waals surface area contributed by atoms with E-state index in [0.29, 0.717) is 24.9 Å². The van der Waals surface area contributed by atoms with Crippen molar-refractivity contribution in [3.05, 3.63) is 24.0 Å². The number of hydrogen-bond acceptors (Lipinski definition) is 2. The maximum Gasteiger partial charge on any atom is 0.255 e.